The molecule has 1 aromatic heterocycles. The summed E-state index contributed by atoms with van der Waals surface area (Å²) in [7, 11) is 1.88. The van der Waals surface area contributed by atoms with Crippen molar-refractivity contribution in [3.8, 4) is 0 Å². The maximum Gasteiger partial charge on any atom is 0.317 e. The van der Waals surface area contributed by atoms with Crippen LogP contribution in [-0.4, -0.2) is 60.1 Å². The van der Waals surface area contributed by atoms with Gasteiger partial charge >= 0.3 is 6.03 Å². The smallest absolute Gasteiger partial charge is 0.317 e. The van der Waals surface area contributed by atoms with Gasteiger partial charge in [-0.3, -0.25) is 4.98 Å². The van der Waals surface area contributed by atoms with Crippen molar-refractivity contribution in [2.75, 3.05) is 33.2 Å². The Morgan fingerprint density at radius 2 is 2.04 bits per heavy atom. The molecule has 0 aliphatic carbocycles. The number of likely N-dealkylation sites (N-methyl/N-ethyl adjacent to an activating group) is 1. The van der Waals surface area contributed by atoms with E-state index in [-0.39, 0.29) is 12.1 Å². The lowest BCUT2D eigenvalue weighted by molar-refractivity contribution is 0.192. The van der Waals surface area contributed by atoms with Gasteiger partial charge in [-0.25, -0.2) is 4.79 Å². The zero-order chi connectivity index (χ0) is 16.5. The van der Waals surface area contributed by atoms with E-state index in [1.54, 1.807) is 11.1 Å². The largest absolute Gasteiger partial charge is 0.335 e. The van der Waals surface area contributed by atoms with E-state index in [0.717, 1.165) is 25.2 Å². The molecule has 2 amide bonds. The molecule has 1 aliphatic rings. The standard InChI is InChI=1S/C18H30N4O/c1-16(15-17-9-5-6-10-19-17)20-18(23)21(2)13-14-22-11-7-3-4-8-12-22/h5-6,9-10,16H,3-4,7-8,11-15H2,1-2H3,(H,20,23)/t16-/m1/s1. The van der Waals surface area contributed by atoms with Crippen LogP contribution in [0.5, 0.6) is 0 Å². The highest BCUT2D eigenvalue weighted by atomic mass is 16.2. The Kier molecular flexibility index (Phi) is 7.33. The summed E-state index contributed by atoms with van der Waals surface area (Å²) >= 11 is 0. The van der Waals surface area contributed by atoms with Crippen LogP contribution in [0.25, 0.3) is 0 Å². The summed E-state index contributed by atoms with van der Waals surface area (Å²) in [4.78, 5) is 20.8. The van der Waals surface area contributed by atoms with Crippen LogP contribution in [0.2, 0.25) is 0 Å². The first-order valence-corrected chi connectivity index (χ1v) is 8.79. The van der Waals surface area contributed by atoms with Gasteiger partial charge in [-0.2, -0.15) is 0 Å². The molecule has 2 heterocycles. The zero-order valence-electron chi connectivity index (χ0n) is 14.5. The maximum absolute atomic E-state index is 12.3. The summed E-state index contributed by atoms with van der Waals surface area (Å²) < 4.78 is 0. The Hall–Kier alpha value is -1.62. The lowest BCUT2D eigenvalue weighted by Crippen LogP contribution is -2.45. The molecule has 1 aromatic rings. The van der Waals surface area contributed by atoms with Gasteiger partial charge in [0.05, 0.1) is 0 Å². The van der Waals surface area contributed by atoms with Gasteiger partial charge in [0.1, 0.15) is 0 Å². The minimum Gasteiger partial charge on any atom is -0.335 e. The van der Waals surface area contributed by atoms with Crippen molar-refractivity contribution in [2.45, 2.75) is 45.1 Å². The van der Waals surface area contributed by atoms with Crippen LogP contribution in [0.4, 0.5) is 4.79 Å². The Labute approximate surface area is 140 Å². The van der Waals surface area contributed by atoms with Gasteiger partial charge in [-0.15, -0.1) is 0 Å². The topological polar surface area (TPSA) is 48.5 Å². The summed E-state index contributed by atoms with van der Waals surface area (Å²) in [5.41, 5.74) is 1.01. The Morgan fingerprint density at radius 1 is 1.30 bits per heavy atom. The second-order valence-electron chi connectivity index (χ2n) is 6.55. The lowest BCUT2D eigenvalue weighted by atomic mass is 10.1. The molecule has 0 bridgehead atoms. The highest BCUT2D eigenvalue weighted by Gasteiger charge is 2.15. The molecule has 0 spiro atoms. The fourth-order valence-electron chi connectivity index (χ4n) is 2.96. The van der Waals surface area contributed by atoms with Crippen LogP contribution in [0.15, 0.2) is 24.4 Å². The number of urea groups is 1. The monoisotopic (exact) mass is 318 g/mol. The average Bonchev–Trinajstić information content (AvgIpc) is 2.82. The molecule has 0 aromatic carbocycles. The van der Waals surface area contributed by atoms with Crippen LogP contribution < -0.4 is 5.32 Å². The number of aromatic nitrogens is 1. The van der Waals surface area contributed by atoms with E-state index in [1.165, 1.54) is 38.8 Å². The number of hydrogen-bond donors (Lipinski definition) is 1. The molecule has 1 saturated heterocycles. The van der Waals surface area contributed by atoms with Gasteiger partial charge in [0.25, 0.3) is 0 Å². The first kappa shape index (κ1) is 17.7. The first-order chi connectivity index (χ1) is 11.1. The fraction of sp³-hybridized carbons (Fsp3) is 0.667. The van der Waals surface area contributed by atoms with E-state index >= 15 is 0 Å². The van der Waals surface area contributed by atoms with Crippen molar-refractivity contribution >= 4 is 6.03 Å². The van der Waals surface area contributed by atoms with Crippen molar-refractivity contribution in [2.24, 2.45) is 0 Å². The molecule has 0 unspecified atom stereocenters. The highest BCUT2D eigenvalue weighted by Crippen LogP contribution is 2.09. The number of carbonyl (C=O) groups excluding carboxylic acids is 1. The van der Waals surface area contributed by atoms with Gasteiger partial charge in [-0.05, 0) is 45.0 Å². The summed E-state index contributed by atoms with van der Waals surface area (Å²) in [6, 6.07) is 5.96. The van der Waals surface area contributed by atoms with Gasteiger partial charge in [0.15, 0.2) is 0 Å². The number of nitrogens with one attached hydrogen (secondary N) is 1. The Balaban J connectivity index is 1.69. The number of likely N-dealkylation sites (tertiary alicyclic amines) is 1. The predicted molar refractivity (Wildman–Crippen MR) is 93.5 cm³/mol. The summed E-state index contributed by atoms with van der Waals surface area (Å²) in [6.45, 7) is 6.12. The van der Waals surface area contributed by atoms with E-state index in [4.69, 9.17) is 0 Å². The molecule has 0 radical (unpaired) electrons. The first-order valence-electron chi connectivity index (χ1n) is 8.79. The van der Waals surface area contributed by atoms with E-state index in [1.807, 2.05) is 32.2 Å². The molecule has 23 heavy (non-hydrogen) atoms. The zero-order valence-corrected chi connectivity index (χ0v) is 14.5. The number of rotatable bonds is 6. The quantitative estimate of drug-likeness (QED) is 0.877. The summed E-state index contributed by atoms with van der Waals surface area (Å²) in [6.07, 6.45) is 7.81. The maximum atomic E-state index is 12.3. The number of carbonyl (C=O) groups is 1. The van der Waals surface area contributed by atoms with E-state index in [2.05, 4.69) is 15.2 Å². The third kappa shape index (κ3) is 6.57. The van der Waals surface area contributed by atoms with Crippen molar-refractivity contribution in [3.05, 3.63) is 30.1 Å². The summed E-state index contributed by atoms with van der Waals surface area (Å²) in [5.74, 6) is 0. The number of hydrogen-bond acceptors (Lipinski definition) is 3. The Morgan fingerprint density at radius 3 is 2.70 bits per heavy atom. The van der Waals surface area contributed by atoms with Gasteiger partial charge in [-0.1, -0.05) is 18.9 Å². The fourth-order valence-corrected chi connectivity index (χ4v) is 2.96. The SMILES string of the molecule is C[C@H](Cc1ccccn1)NC(=O)N(C)CCN1CCCCCC1. The molecule has 128 valence electrons. The van der Waals surface area contributed by atoms with E-state index < -0.39 is 0 Å². The van der Waals surface area contributed by atoms with Gasteiger partial charge in [0.2, 0.25) is 0 Å². The predicted octanol–water partition coefficient (Wildman–Crippen LogP) is 2.53. The molecule has 1 atom stereocenters. The van der Waals surface area contributed by atoms with E-state index in [0.29, 0.717) is 0 Å². The normalized spacial score (nSPS) is 17.3. The molecule has 1 fully saturated rings. The summed E-state index contributed by atoms with van der Waals surface area (Å²) in [5, 5.41) is 3.06. The number of amides is 2. The lowest BCUT2D eigenvalue weighted by Gasteiger charge is -2.25. The third-order valence-corrected chi connectivity index (χ3v) is 4.41. The van der Waals surface area contributed by atoms with Crippen LogP contribution in [0.1, 0.15) is 38.3 Å². The second-order valence-corrected chi connectivity index (χ2v) is 6.55. The molecule has 5 nitrogen and oxygen atoms in total. The van der Waals surface area contributed by atoms with Crippen molar-refractivity contribution in [3.63, 3.8) is 0 Å². The van der Waals surface area contributed by atoms with Crippen molar-refractivity contribution in [1.29, 1.82) is 0 Å². The molecule has 1 N–H and O–H groups in total. The average molecular weight is 318 g/mol. The molecule has 5 heteroatoms. The minimum atomic E-state index is 0.00301. The molecule has 1 aliphatic heterocycles. The number of pyridine rings is 1. The van der Waals surface area contributed by atoms with Crippen LogP contribution in [0, 0.1) is 0 Å². The minimum absolute atomic E-state index is 0.00301. The molecular weight excluding hydrogens is 288 g/mol. The highest BCUT2D eigenvalue weighted by molar-refractivity contribution is 5.74. The molecule has 2 rings (SSSR count). The van der Waals surface area contributed by atoms with Crippen LogP contribution >= 0.6 is 0 Å². The second kappa shape index (κ2) is 9.50. The number of nitrogens with zero attached hydrogens (tertiary/aromatic N) is 3. The van der Waals surface area contributed by atoms with E-state index in [9.17, 15) is 4.79 Å². The Bertz CT molecular complexity index is 457. The van der Waals surface area contributed by atoms with Crippen molar-refractivity contribution in [1.82, 2.24) is 20.1 Å². The molecular formula is C18H30N4O. The van der Waals surface area contributed by atoms with Crippen LogP contribution in [-0.2, 0) is 6.42 Å². The van der Waals surface area contributed by atoms with Gasteiger partial charge < -0.3 is 15.1 Å². The van der Waals surface area contributed by atoms with Gasteiger partial charge in [0, 0.05) is 44.5 Å². The molecule has 0 saturated carbocycles. The van der Waals surface area contributed by atoms with Crippen LogP contribution in [0.3, 0.4) is 0 Å². The van der Waals surface area contributed by atoms with Crippen molar-refractivity contribution < 1.29 is 4.79 Å². The third-order valence-electron chi connectivity index (χ3n) is 4.41.